The number of para-hydroxylation sites is 1. The van der Waals surface area contributed by atoms with Crippen LogP contribution in [-0.4, -0.2) is 20.9 Å². The van der Waals surface area contributed by atoms with Gasteiger partial charge < -0.3 is 5.11 Å². The Bertz CT molecular complexity index is 647. The second-order valence-corrected chi connectivity index (χ2v) is 6.13. The van der Waals surface area contributed by atoms with Crippen molar-refractivity contribution in [3.8, 4) is 0 Å². The van der Waals surface area contributed by atoms with E-state index in [4.69, 9.17) is 0 Å². The third kappa shape index (κ3) is 2.80. The molecule has 2 unspecified atom stereocenters. The Balaban J connectivity index is 1.90. The van der Waals surface area contributed by atoms with Crippen LogP contribution < -0.4 is 0 Å². The number of rotatable bonds is 3. The molecular formula is C17H22N2O2. The molecule has 3 rings (SSSR count). The van der Waals surface area contributed by atoms with E-state index in [1.807, 2.05) is 23.9 Å². The lowest BCUT2D eigenvalue weighted by Gasteiger charge is -2.20. The Morgan fingerprint density at radius 3 is 2.86 bits per heavy atom. The fourth-order valence-corrected chi connectivity index (χ4v) is 3.64. The molecule has 4 heteroatoms. The van der Waals surface area contributed by atoms with Gasteiger partial charge >= 0.3 is 5.97 Å². The highest BCUT2D eigenvalue weighted by Gasteiger charge is 2.30. The maximum atomic E-state index is 11.6. The third-order valence-corrected chi connectivity index (χ3v) is 4.77. The van der Waals surface area contributed by atoms with Gasteiger partial charge in [0.25, 0.3) is 0 Å². The normalized spacial score (nSPS) is 23.1. The molecule has 112 valence electrons. The van der Waals surface area contributed by atoms with Crippen LogP contribution in [0.25, 0.3) is 10.9 Å². The lowest BCUT2D eigenvalue weighted by Crippen LogP contribution is -2.24. The van der Waals surface area contributed by atoms with Gasteiger partial charge in [-0.3, -0.25) is 9.48 Å². The summed E-state index contributed by atoms with van der Waals surface area (Å²) in [7, 11) is 1.95. The molecule has 1 aromatic carbocycles. The lowest BCUT2D eigenvalue weighted by molar-refractivity contribution is -0.143. The highest BCUT2D eigenvalue weighted by molar-refractivity contribution is 5.82. The van der Waals surface area contributed by atoms with Crippen LogP contribution >= 0.6 is 0 Å². The summed E-state index contributed by atoms with van der Waals surface area (Å²) < 4.78 is 1.90. The summed E-state index contributed by atoms with van der Waals surface area (Å²) in [4.78, 5) is 11.6. The fraction of sp³-hybridized carbons (Fsp3) is 0.529. The van der Waals surface area contributed by atoms with Crippen molar-refractivity contribution in [3.05, 3.63) is 30.0 Å². The molecule has 1 aliphatic rings. The van der Waals surface area contributed by atoms with Crippen molar-refractivity contribution in [2.45, 2.75) is 38.5 Å². The van der Waals surface area contributed by atoms with Crippen molar-refractivity contribution < 1.29 is 9.90 Å². The second kappa shape index (κ2) is 5.88. The molecule has 1 heterocycles. The van der Waals surface area contributed by atoms with Crippen molar-refractivity contribution in [2.24, 2.45) is 18.9 Å². The zero-order chi connectivity index (χ0) is 14.8. The highest BCUT2D eigenvalue weighted by Crippen LogP contribution is 2.33. The average molecular weight is 286 g/mol. The van der Waals surface area contributed by atoms with Crippen molar-refractivity contribution in [1.29, 1.82) is 0 Å². The van der Waals surface area contributed by atoms with E-state index >= 15 is 0 Å². The van der Waals surface area contributed by atoms with Gasteiger partial charge in [0.2, 0.25) is 0 Å². The summed E-state index contributed by atoms with van der Waals surface area (Å²) in [5.74, 6) is -0.640. The van der Waals surface area contributed by atoms with Gasteiger partial charge in [-0.15, -0.1) is 0 Å². The predicted octanol–water partition coefficient (Wildman–Crippen LogP) is 3.40. The summed E-state index contributed by atoms with van der Waals surface area (Å²) in [6, 6.07) is 8.19. The number of aromatic nitrogens is 2. The number of fused-ring (bicyclic) bond motifs is 1. The summed E-state index contributed by atoms with van der Waals surface area (Å²) in [5.41, 5.74) is 2.17. The van der Waals surface area contributed by atoms with Crippen molar-refractivity contribution >= 4 is 16.9 Å². The SMILES string of the molecule is Cn1nc(CC2CCCCCC2C(=O)O)c2ccccc21. The Hall–Kier alpha value is -1.84. The summed E-state index contributed by atoms with van der Waals surface area (Å²) in [5, 5.41) is 15.3. The van der Waals surface area contributed by atoms with Gasteiger partial charge in [-0.2, -0.15) is 5.10 Å². The van der Waals surface area contributed by atoms with Crippen LogP contribution in [0.1, 0.15) is 37.8 Å². The quantitative estimate of drug-likeness (QED) is 0.880. The van der Waals surface area contributed by atoms with Crippen molar-refractivity contribution in [3.63, 3.8) is 0 Å². The number of carbonyl (C=O) groups is 1. The number of hydrogen-bond acceptors (Lipinski definition) is 2. The Labute approximate surface area is 124 Å². The molecule has 2 atom stereocenters. The molecule has 1 saturated carbocycles. The van der Waals surface area contributed by atoms with E-state index < -0.39 is 5.97 Å². The minimum Gasteiger partial charge on any atom is -0.481 e. The smallest absolute Gasteiger partial charge is 0.306 e. The molecule has 0 saturated heterocycles. The van der Waals surface area contributed by atoms with Crippen LogP contribution in [0, 0.1) is 11.8 Å². The minimum atomic E-state index is -0.637. The van der Waals surface area contributed by atoms with E-state index in [9.17, 15) is 9.90 Å². The first-order valence-electron chi connectivity index (χ1n) is 7.80. The second-order valence-electron chi connectivity index (χ2n) is 6.13. The zero-order valence-electron chi connectivity index (χ0n) is 12.5. The molecule has 0 radical (unpaired) electrons. The first-order valence-corrected chi connectivity index (χ1v) is 7.80. The molecule has 2 aromatic rings. The minimum absolute atomic E-state index is 0.211. The Morgan fingerprint density at radius 1 is 1.29 bits per heavy atom. The number of hydrogen-bond donors (Lipinski definition) is 1. The van der Waals surface area contributed by atoms with E-state index in [0.717, 1.165) is 55.1 Å². The van der Waals surface area contributed by atoms with E-state index in [-0.39, 0.29) is 11.8 Å². The topological polar surface area (TPSA) is 55.1 Å². The summed E-state index contributed by atoms with van der Waals surface area (Å²) >= 11 is 0. The standard InChI is InChI=1S/C17H22N2O2/c1-19-16-10-6-5-9-14(16)15(18-19)11-12-7-3-2-4-8-13(12)17(20)21/h5-6,9-10,12-13H,2-4,7-8,11H2,1H3,(H,20,21). The largest absolute Gasteiger partial charge is 0.481 e. The Morgan fingerprint density at radius 2 is 2.05 bits per heavy atom. The van der Waals surface area contributed by atoms with Gasteiger partial charge in [0.05, 0.1) is 17.1 Å². The molecule has 4 nitrogen and oxygen atoms in total. The number of carboxylic acid groups (broad SMARTS) is 1. The maximum Gasteiger partial charge on any atom is 0.306 e. The Kier molecular flexibility index (Phi) is 3.95. The summed E-state index contributed by atoms with van der Waals surface area (Å²) in [6.07, 6.45) is 5.92. The maximum absolute atomic E-state index is 11.6. The van der Waals surface area contributed by atoms with Gasteiger partial charge in [0.1, 0.15) is 0 Å². The molecule has 0 bridgehead atoms. The molecule has 0 spiro atoms. The molecule has 1 aliphatic carbocycles. The number of nitrogens with zero attached hydrogens (tertiary/aromatic N) is 2. The molecule has 1 N–H and O–H groups in total. The van der Waals surface area contributed by atoms with Crippen LogP contribution in [-0.2, 0) is 18.3 Å². The van der Waals surface area contributed by atoms with Gasteiger partial charge in [-0.25, -0.2) is 0 Å². The molecule has 1 fully saturated rings. The number of aliphatic carboxylic acids is 1. The zero-order valence-corrected chi connectivity index (χ0v) is 12.5. The van der Waals surface area contributed by atoms with Gasteiger partial charge in [-0.05, 0) is 31.2 Å². The molecule has 0 amide bonds. The van der Waals surface area contributed by atoms with Crippen LogP contribution in [0.15, 0.2) is 24.3 Å². The van der Waals surface area contributed by atoms with E-state index in [1.165, 1.54) is 0 Å². The van der Waals surface area contributed by atoms with Gasteiger partial charge in [0.15, 0.2) is 0 Å². The van der Waals surface area contributed by atoms with Gasteiger partial charge in [-0.1, -0.05) is 37.5 Å². The van der Waals surface area contributed by atoms with Crippen LogP contribution in [0.2, 0.25) is 0 Å². The third-order valence-electron chi connectivity index (χ3n) is 4.77. The first-order chi connectivity index (χ1) is 10.2. The molecule has 1 aromatic heterocycles. The number of benzene rings is 1. The molecular weight excluding hydrogens is 264 g/mol. The van der Waals surface area contributed by atoms with E-state index in [2.05, 4.69) is 17.2 Å². The molecule has 0 aliphatic heterocycles. The molecule has 21 heavy (non-hydrogen) atoms. The lowest BCUT2D eigenvalue weighted by atomic mass is 9.84. The van der Waals surface area contributed by atoms with E-state index in [0.29, 0.717) is 0 Å². The van der Waals surface area contributed by atoms with Crippen LogP contribution in [0.5, 0.6) is 0 Å². The predicted molar refractivity (Wildman–Crippen MR) is 82.1 cm³/mol. The van der Waals surface area contributed by atoms with Crippen LogP contribution in [0.3, 0.4) is 0 Å². The van der Waals surface area contributed by atoms with Crippen molar-refractivity contribution in [1.82, 2.24) is 9.78 Å². The number of aryl methyl sites for hydroxylation is 1. The number of carboxylic acids is 1. The fourth-order valence-electron chi connectivity index (χ4n) is 3.64. The van der Waals surface area contributed by atoms with Crippen LogP contribution in [0.4, 0.5) is 0 Å². The summed E-state index contributed by atoms with van der Waals surface area (Å²) in [6.45, 7) is 0. The average Bonchev–Trinajstić information content (AvgIpc) is 2.65. The first kappa shape index (κ1) is 14.1. The van der Waals surface area contributed by atoms with Crippen molar-refractivity contribution in [2.75, 3.05) is 0 Å². The monoisotopic (exact) mass is 286 g/mol. The highest BCUT2D eigenvalue weighted by atomic mass is 16.4. The van der Waals surface area contributed by atoms with Gasteiger partial charge in [0, 0.05) is 12.4 Å². The van der Waals surface area contributed by atoms with E-state index in [1.54, 1.807) is 0 Å².